The first kappa shape index (κ1) is 11.0. The molecule has 1 saturated heterocycles. The number of benzene rings is 1. The maximum atomic E-state index is 9.54. The van der Waals surface area contributed by atoms with E-state index in [-0.39, 0.29) is 12.0 Å². The molecule has 0 amide bonds. The molecule has 1 unspecified atom stereocenters. The summed E-state index contributed by atoms with van der Waals surface area (Å²) in [5, 5.41) is 18.5. The molecule has 1 heterocycles. The normalized spacial score (nSPS) is 30.7. The summed E-state index contributed by atoms with van der Waals surface area (Å²) in [5.41, 5.74) is -0.0560. The quantitative estimate of drug-likeness (QED) is 0.814. The second-order valence-corrected chi connectivity index (χ2v) is 4.75. The Bertz CT molecular complexity index is 304. The highest BCUT2D eigenvalue weighted by molar-refractivity contribution is 7.99. The Morgan fingerprint density at radius 3 is 2.67 bits per heavy atom. The number of rotatable bonds is 3. The van der Waals surface area contributed by atoms with Crippen LogP contribution in [0.4, 0.5) is 0 Å². The monoisotopic (exact) mass is 226 g/mol. The molecule has 1 fully saturated rings. The van der Waals surface area contributed by atoms with Crippen molar-refractivity contribution in [3.05, 3.63) is 30.3 Å². The Balaban J connectivity index is 1.92. The third-order valence-corrected chi connectivity index (χ3v) is 3.49. The fraction of sp³-hybridized carbons (Fsp3) is 0.455. The zero-order chi connectivity index (χ0) is 10.7. The van der Waals surface area contributed by atoms with E-state index in [0.29, 0.717) is 6.42 Å². The minimum absolute atomic E-state index is 0.0560. The van der Waals surface area contributed by atoms with Gasteiger partial charge in [0.1, 0.15) is 11.5 Å². The lowest BCUT2D eigenvalue weighted by Crippen LogP contribution is -2.24. The van der Waals surface area contributed by atoms with Gasteiger partial charge < -0.3 is 14.9 Å². The van der Waals surface area contributed by atoms with E-state index in [1.54, 1.807) is 11.8 Å². The van der Waals surface area contributed by atoms with Crippen molar-refractivity contribution in [3.8, 4) is 0 Å². The molecule has 0 bridgehead atoms. The standard InChI is InChI=1S/C11H14O3S/c12-7-10-9(13)6-11(14-10)15-8-4-2-1-3-5-8/h1-5,9-13H,6-7H2/t9-,10-,11?/m1/s1. The van der Waals surface area contributed by atoms with E-state index in [1.165, 1.54) is 0 Å². The Morgan fingerprint density at radius 1 is 1.33 bits per heavy atom. The second-order valence-electron chi connectivity index (χ2n) is 3.52. The highest BCUT2D eigenvalue weighted by Crippen LogP contribution is 2.33. The van der Waals surface area contributed by atoms with Gasteiger partial charge in [0, 0.05) is 11.3 Å². The summed E-state index contributed by atoms with van der Waals surface area (Å²) in [4.78, 5) is 1.12. The van der Waals surface area contributed by atoms with Crippen molar-refractivity contribution in [2.45, 2.75) is 29.0 Å². The van der Waals surface area contributed by atoms with Crippen LogP contribution < -0.4 is 0 Å². The van der Waals surface area contributed by atoms with Crippen molar-refractivity contribution in [3.63, 3.8) is 0 Å². The molecular weight excluding hydrogens is 212 g/mol. The molecule has 0 spiro atoms. The van der Waals surface area contributed by atoms with E-state index in [4.69, 9.17) is 9.84 Å². The van der Waals surface area contributed by atoms with Gasteiger partial charge in [-0.15, -0.1) is 0 Å². The molecule has 3 atom stereocenters. The number of hydrogen-bond donors (Lipinski definition) is 2. The van der Waals surface area contributed by atoms with E-state index >= 15 is 0 Å². The number of aliphatic hydroxyl groups excluding tert-OH is 2. The van der Waals surface area contributed by atoms with Gasteiger partial charge in [0.05, 0.1) is 12.7 Å². The molecule has 0 radical (unpaired) electrons. The maximum absolute atomic E-state index is 9.54. The molecule has 3 nitrogen and oxygen atoms in total. The molecule has 0 aliphatic carbocycles. The van der Waals surface area contributed by atoms with E-state index in [2.05, 4.69) is 0 Å². The average Bonchev–Trinajstić information content (AvgIpc) is 2.60. The third-order valence-electron chi connectivity index (χ3n) is 2.38. The maximum Gasteiger partial charge on any atom is 0.110 e. The first-order chi connectivity index (χ1) is 7.29. The van der Waals surface area contributed by atoms with Gasteiger partial charge in [0.25, 0.3) is 0 Å². The van der Waals surface area contributed by atoms with Gasteiger partial charge in [-0.2, -0.15) is 0 Å². The lowest BCUT2D eigenvalue weighted by molar-refractivity contribution is -0.00249. The second kappa shape index (κ2) is 4.99. The average molecular weight is 226 g/mol. The van der Waals surface area contributed by atoms with Crippen molar-refractivity contribution in [1.82, 2.24) is 0 Å². The van der Waals surface area contributed by atoms with Crippen LogP contribution in [-0.4, -0.2) is 34.5 Å². The largest absolute Gasteiger partial charge is 0.394 e. The Morgan fingerprint density at radius 2 is 2.07 bits per heavy atom. The third kappa shape index (κ3) is 2.72. The predicted molar refractivity (Wildman–Crippen MR) is 58.7 cm³/mol. The van der Waals surface area contributed by atoms with Gasteiger partial charge in [-0.25, -0.2) is 0 Å². The Hall–Kier alpha value is -0.550. The van der Waals surface area contributed by atoms with E-state index < -0.39 is 12.2 Å². The summed E-state index contributed by atoms with van der Waals surface area (Å²) in [6, 6.07) is 9.92. The fourth-order valence-corrected chi connectivity index (χ4v) is 2.69. The molecule has 1 aliphatic heterocycles. The summed E-state index contributed by atoms with van der Waals surface area (Å²) >= 11 is 1.58. The summed E-state index contributed by atoms with van der Waals surface area (Å²) in [6.45, 7) is -0.118. The van der Waals surface area contributed by atoms with Gasteiger partial charge >= 0.3 is 0 Å². The van der Waals surface area contributed by atoms with Crippen LogP contribution in [0.15, 0.2) is 35.2 Å². The highest BCUT2D eigenvalue weighted by Gasteiger charge is 2.33. The van der Waals surface area contributed by atoms with Gasteiger partial charge in [-0.05, 0) is 12.1 Å². The molecule has 0 aromatic heterocycles. The molecule has 0 saturated carbocycles. The predicted octanol–water partition coefficient (Wildman–Crippen LogP) is 1.25. The smallest absolute Gasteiger partial charge is 0.110 e. The topological polar surface area (TPSA) is 49.7 Å². The number of aliphatic hydroxyl groups is 2. The van der Waals surface area contributed by atoms with Crippen molar-refractivity contribution in [1.29, 1.82) is 0 Å². The van der Waals surface area contributed by atoms with Crippen molar-refractivity contribution in [2.24, 2.45) is 0 Å². The van der Waals surface area contributed by atoms with Crippen LogP contribution in [0, 0.1) is 0 Å². The Kier molecular flexibility index (Phi) is 3.64. The summed E-state index contributed by atoms with van der Waals surface area (Å²) < 4.78 is 5.49. The molecule has 1 aromatic carbocycles. The highest BCUT2D eigenvalue weighted by atomic mass is 32.2. The molecule has 15 heavy (non-hydrogen) atoms. The number of hydrogen-bond acceptors (Lipinski definition) is 4. The summed E-state index contributed by atoms with van der Waals surface area (Å²) in [7, 11) is 0. The molecule has 2 rings (SSSR count). The van der Waals surface area contributed by atoms with Crippen LogP contribution in [0.2, 0.25) is 0 Å². The lowest BCUT2D eigenvalue weighted by atomic mass is 10.2. The van der Waals surface area contributed by atoms with Gasteiger partial charge in [-0.3, -0.25) is 0 Å². The molecule has 2 N–H and O–H groups in total. The zero-order valence-corrected chi connectivity index (χ0v) is 9.06. The molecule has 82 valence electrons. The Labute approximate surface area is 93.1 Å². The molecule has 1 aliphatic rings. The SMILES string of the molecule is OC[C@H]1OC(Sc2ccccc2)C[C@H]1O. The van der Waals surface area contributed by atoms with E-state index in [9.17, 15) is 5.11 Å². The van der Waals surface area contributed by atoms with Crippen LogP contribution in [0.1, 0.15) is 6.42 Å². The van der Waals surface area contributed by atoms with Gasteiger partial charge in [0.15, 0.2) is 0 Å². The van der Waals surface area contributed by atoms with Crippen LogP contribution in [0.3, 0.4) is 0 Å². The van der Waals surface area contributed by atoms with Crippen molar-refractivity contribution < 1.29 is 14.9 Å². The van der Waals surface area contributed by atoms with Crippen LogP contribution in [0.25, 0.3) is 0 Å². The number of ether oxygens (including phenoxy) is 1. The first-order valence-electron chi connectivity index (χ1n) is 4.95. The van der Waals surface area contributed by atoms with Crippen LogP contribution >= 0.6 is 11.8 Å². The van der Waals surface area contributed by atoms with Gasteiger partial charge in [-0.1, -0.05) is 30.0 Å². The van der Waals surface area contributed by atoms with Crippen molar-refractivity contribution in [2.75, 3.05) is 6.61 Å². The summed E-state index contributed by atoms with van der Waals surface area (Å²) in [5.74, 6) is 0. The van der Waals surface area contributed by atoms with E-state index in [0.717, 1.165) is 4.90 Å². The van der Waals surface area contributed by atoms with Gasteiger partial charge in [0.2, 0.25) is 0 Å². The molecule has 4 heteroatoms. The first-order valence-corrected chi connectivity index (χ1v) is 5.83. The number of thioether (sulfide) groups is 1. The molecule has 1 aromatic rings. The zero-order valence-electron chi connectivity index (χ0n) is 8.24. The molecular formula is C11H14O3S. The van der Waals surface area contributed by atoms with E-state index in [1.807, 2.05) is 30.3 Å². The minimum Gasteiger partial charge on any atom is -0.394 e. The van der Waals surface area contributed by atoms with Crippen molar-refractivity contribution >= 4 is 11.8 Å². The summed E-state index contributed by atoms with van der Waals surface area (Å²) in [6.07, 6.45) is -0.396. The fourth-order valence-electron chi connectivity index (χ4n) is 1.58. The van der Waals surface area contributed by atoms with Crippen LogP contribution in [-0.2, 0) is 4.74 Å². The minimum atomic E-state index is -0.545. The lowest BCUT2D eigenvalue weighted by Gasteiger charge is -2.11. The van der Waals surface area contributed by atoms with Crippen LogP contribution in [0.5, 0.6) is 0 Å².